The van der Waals surface area contributed by atoms with Crippen LogP contribution in [0.15, 0.2) is 0 Å². The van der Waals surface area contributed by atoms with Gasteiger partial charge in [-0.25, -0.2) is 4.79 Å². The summed E-state index contributed by atoms with van der Waals surface area (Å²) in [5, 5.41) is 251. The molecule has 0 saturated carbocycles. The van der Waals surface area contributed by atoms with Crippen molar-refractivity contribution in [3.8, 4) is 0 Å². The lowest BCUT2D eigenvalue weighted by Gasteiger charge is -2.52. The number of aliphatic hydroxyl groups excluding tert-OH is 21. The highest BCUT2D eigenvalue weighted by atomic mass is 16.8. The molecule has 0 unspecified atom stereocenters. The summed E-state index contributed by atoms with van der Waals surface area (Å²) in [5.41, 5.74) is 0. The van der Waals surface area contributed by atoms with Crippen LogP contribution in [0.1, 0.15) is 27.2 Å². The van der Waals surface area contributed by atoms with Crippen LogP contribution in [0.2, 0.25) is 0 Å². The highest BCUT2D eigenvalue weighted by Crippen LogP contribution is 2.41. The van der Waals surface area contributed by atoms with Crippen molar-refractivity contribution in [2.75, 3.05) is 59.5 Å². The Kier molecular flexibility index (Phi) is 30.6. The van der Waals surface area contributed by atoms with Crippen molar-refractivity contribution in [1.29, 1.82) is 0 Å². The molecule has 4 amide bonds. The molecular weight excluding hydrogens is 1370 g/mol. The van der Waals surface area contributed by atoms with E-state index in [1.807, 2.05) is 0 Å². The van der Waals surface area contributed by atoms with Crippen molar-refractivity contribution in [2.45, 2.75) is 254 Å². The molecule has 45 nitrogen and oxygen atoms in total. The molecule has 7 heterocycles. The minimum Gasteiger partial charge on any atom is -0.477 e. The zero-order valence-corrected chi connectivity index (χ0v) is 53.5. The number of aliphatic carboxylic acids is 1. The maximum absolute atomic E-state index is 13.1. The zero-order valence-electron chi connectivity index (χ0n) is 53.5. The number of hydrogen-bond acceptors (Lipinski definition) is 40. The van der Waals surface area contributed by atoms with E-state index < -0.39 is 316 Å². The molecule has 100 heavy (non-hydrogen) atoms. The second-order valence-corrected chi connectivity index (χ2v) is 24.7. The topological polar surface area (TPSA) is 708 Å². The molecule has 0 aliphatic carbocycles. The fraction of sp³-hybridized carbons (Fsp3) is 0.909. The predicted molar refractivity (Wildman–Crippen MR) is 308 cm³/mol. The maximum atomic E-state index is 13.1. The molecule has 0 spiro atoms. The summed E-state index contributed by atoms with van der Waals surface area (Å²) in [6, 6.07) is -6.54. The van der Waals surface area contributed by atoms with Crippen LogP contribution < -0.4 is 21.3 Å². The molecule has 37 atom stereocenters. The van der Waals surface area contributed by atoms with E-state index in [-0.39, 0.29) is 6.41 Å². The molecule has 0 radical (unpaired) electrons. The fourth-order valence-electron chi connectivity index (χ4n) is 12.5. The Morgan fingerprint density at radius 1 is 0.450 bits per heavy atom. The highest BCUT2D eigenvalue weighted by Gasteiger charge is 2.62. The number of ether oxygens (including phenoxy) is 14. The molecule has 7 fully saturated rings. The summed E-state index contributed by atoms with van der Waals surface area (Å²) in [5.74, 6) is -8.09. The van der Waals surface area contributed by atoms with Crippen molar-refractivity contribution < 1.29 is 203 Å². The van der Waals surface area contributed by atoms with Crippen molar-refractivity contribution in [2.24, 2.45) is 0 Å². The average Bonchev–Trinajstić information content (AvgIpc) is 0.761. The van der Waals surface area contributed by atoms with Crippen LogP contribution in [0.3, 0.4) is 0 Å². The molecule has 7 aliphatic rings. The number of nitrogens with one attached hydrogen (secondary N) is 4. The van der Waals surface area contributed by atoms with Gasteiger partial charge >= 0.3 is 5.97 Å². The number of rotatable bonds is 31. The normalized spacial score (nSPS) is 45.0. The molecule has 26 N–H and O–H groups in total. The molecule has 0 aromatic heterocycles. The fourth-order valence-corrected chi connectivity index (χ4v) is 12.5. The largest absolute Gasteiger partial charge is 0.477 e. The summed E-state index contributed by atoms with van der Waals surface area (Å²) in [7, 11) is 0. The third-order valence-electron chi connectivity index (χ3n) is 17.7. The number of carboxylic acid groups (broad SMARTS) is 1. The van der Waals surface area contributed by atoms with Crippen LogP contribution in [0.4, 0.5) is 0 Å². The second-order valence-electron chi connectivity index (χ2n) is 24.7. The Bertz CT molecular complexity index is 2600. The Morgan fingerprint density at radius 2 is 0.850 bits per heavy atom. The number of carboxylic acids is 1. The standard InChI is InChI=1S/C55H92N4O41/c1-15(69)57-27-19(72)4-55(54(85)86,99-44(27)30(74)20(73)6-61)100-46-33(77)23(9-64)90-52(39(46)83)94-41-24(10-65)91-49(29(35(41)79)59-17(3)71)97-45-32(76)22(8-63)89-51(38(45)82)98-47-40(84)53(95-42-25(11-66)92-50(37(81)36(42)80)87-13-18(5-60)56-14-68)93-26(12-67)43(47)96-48-28(58-16(2)70)34(78)31(75)21(7-62)88-48/h14,18-53,60-67,72-84H,4-13H2,1-3H3,(H,56,68)(H,57,69)(H,58,70)(H,59,71)(H,85,86)/t18-,19+,20-,21-,22-,23-,24-,25-,26-,27-,28-,29-,30-,31+,32+,33+,34-,35-,36-,37-,38-,39-,40-,41-,42-,43+,44-,45+,46+,47-,48+,49+,50-,51-,52+,53+,55+/m1/s1. The van der Waals surface area contributed by atoms with Crippen LogP contribution in [-0.4, -0.2) is 428 Å². The van der Waals surface area contributed by atoms with Crippen molar-refractivity contribution in [3.05, 3.63) is 0 Å². The van der Waals surface area contributed by atoms with E-state index in [0.717, 1.165) is 20.8 Å². The first-order chi connectivity index (χ1) is 47.3. The van der Waals surface area contributed by atoms with Gasteiger partial charge in [0.25, 0.3) is 5.79 Å². The van der Waals surface area contributed by atoms with Crippen molar-refractivity contribution in [1.82, 2.24) is 21.3 Å². The van der Waals surface area contributed by atoms with Gasteiger partial charge in [0.15, 0.2) is 37.7 Å². The summed E-state index contributed by atoms with van der Waals surface area (Å²) >= 11 is 0. The third kappa shape index (κ3) is 18.6. The van der Waals surface area contributed by atoms with Gasteiger partial charge < -0.3 is 200 Å². The van der Waals surface area contributed by atoms with Gasteiger partial charge in [-0.05, 0) is 0 Å². The van der Waals surface area contributed by atoms with Crippen LogP contribution in [0.25, 0.3) is 0 Å². The molecule has 7 rings (SSSR count). The first-order valence-electron chi connectivity index (χ1n) is 31.5. The third-order valence-corrected chi connectivity index (χ3v) is 17.7. The van der Waals surface area contributed by atoms with Gasteiger partial charge in [0, 0.05) is 27.2 Å². The number of amides is 4. The lowest BCUT2D eigenvalue weighted by atomic mass is 9.88. The van der Waals surface area contributed by atoms with Gasteiger partial charge in [-0.15, -0.1) is 0 Å². The predicted octanol–water partition coefficient (Wildman–Crippen LogP) is -17.5. The molecule has 45 heteroatoms. The Balaban J connectivity index is 1.18. The number of carbonyl (C=O) groups is 5. The Hall–Kier alpha value is -4.05. The van der Waals surface area contributed by atoms with E-state index in [1.54, 1.807) is 0 Å². The Morgan fingerprint density at radius 3 is 1.34 bits per heavy atom. The van der Waals surface area contributed by atoms with Crippen molar-refractivity contribution >= 4 is 30.1 Å². The van der Waals surface area contributed by atoms with E-state index >= 15 is 0 Å². The van der Waals surface area contributed by atoms with E-state index in [2.05, 4.69) is 21.3 Å². The monoisotopic (exact) mass is 1460 g/mol. The van der Waals surface area contributed by atoms with Crippen LogP contribution >= 0.6 is 0 Å². The Labute approximate surface area is 565 Å². The molecule has 7 aliphatic heterocycles. The van der Waals surface area contributed by atoms with Gasteiger partial charge in [0.2, 0.25) is 24.1 Å². The van der Waals surface area contributed by atoms with Crippen LogP contribution in [0, 0.1) is 0 Å². The quantitative estimate of drug-likeness (QED) is 0.0287. The van der Waals surface area contributed by atoms with Gasteiger partial charge in [-0.1, -0.05) is 0 Å². The number of aliphatic hydroxyl groups is 21. The number of carbonyl (C=O) groups excluding carboxylic acids is 4. The molecule has 7 saturated heterocycles. The first kappa shape index (κ1) is 83.2. The molecule has 0 aromatic carbocycles. The van der Waals surface area contributed by atoms with Gasteiger partial charge in [0.1, 0.15) is 165 Å². The van der Waals surface area contributed by atoms with E-state index in [4.69, 9.17) is 66.3 Å². The maximum Gasteiger partial charge on any atom is 0.364 e. The van der Waals surface area contributed by atoms with Gasteiger partial charge in [-0.2, -0.15) is 0 Å². The highest BCUT2D eigenvalue weighted by molar-refractivity contribution is 5.77. The average molecular weight is 1470 g/mol. The second kappa shape index (κ2) is 36.8. The van der Waals surface area contributed by atoms with E-state index in [1.165, 1.54) is 0 Å². The molecule has 0 bridgehead atoms. The summed E-state index contributed by atoms with van der Waals surface area (Å²) < 4.78 is 81.8. The van der Waals surface area contributed by atoms with Gasteiger partial charge in [0.05, 0.1) is 77.6 Å². The SMILES string of the molecule is CC(=O)N[C@H]1[C@H](O[C@H]2[C@@H](O)[C@@H](CO)O[C@H](O[C@@H]3[C@@H](O)[C@H](O[C@H]4[C@H](O)[C@@H](O)[C@H](OC[C@@H](CO)NC=O)O[C@@H]4CO)O[C@H](CO)[C@@H]3O[C@@H]3O[C@H](CO)[C@H](O)[C@H](O)[C@H]3NC(C)=O)[C@@H]2O)O[C@H](CO)[C@@H](O[C@@H]2O[C@H](CO)[C@H](O)[C@H](O[C@]3(C(=O)O)C[C@H](O)[C@@H](NC(C)=O)[C@H]([C@H](O)[C@H](O)CO)O3)[C@H]2O)[C@@H]1O. The molecule has 578 valence electrons. The molecular formula is C55H92N4O41. The van der Waals surface area contributed by atoms with Crippen molar-refractivity contribution in [3.63, 3.8) is 0 Å². The minimum atomic E-state index is -3.26. The summed E-state index contributed by atoms with van der Waals surface area (Å²) in [4.78, 5) is 61.8. The summed E-state index contributed by atoms with van der Waals surface area (Å²) in [6.45, 7) is -6.34. The van der Waals surface area contributed by atoms with E-state index in [0.29, 0.717) is 0 Å². The minimum absolute atomic E-state index is 0.236. The number of hydrogen-bond donors (Lipinski definition) is 26. The lowest BCUT2D eigenvalue weighted by molar-refractivity contribution is -0.402. The van der Waals surface area contributed by atoms with Crippen LogP contribution in [-0.2, 0) is 90.3 Å². The summed E-state index contributed by atoms with van der Waals surface area (Å²) in [6.07, 6.45) is -69.0. The molecule has 0 aromatic rings. The first-order valence-corrected chi connectivity index (χ1v) is 31.5. The van der Waals surface area contributed by atoms with E-state index in [9.17, 15) is 136 Å². The smallest absolute Gasteiger partial charge is 0.364 e. The van der Waals surface area contributed by atoms with Crippen LogP contribution in [0.5, 0.6) is 0 Å². The zero-order chi connectivity index (χ0) is 74.1. The lowest BCUT2D eigenvalue weighted by Crippen LogP contribution is -2.71. The van der Waals surface area contributed by atoms with Gasteiger partial charge in [-0.3, -0.25) is 19.2 Å².